The van der Waals surface area contributed by atoms with E-state index >= 15 is 0 Å². The molecule has 9 heteroatoms. The average Bonchev–Trinajstić information content (AvgIpc) is 3.56. The number of halogens is 1. The predicted molar refractivity (Wildman–Crippen MR) is 135 cm³/mol. The molecule has 1 aromatic heterocycles. The van der Waals surface area contributed by atoms with Crippen LogP contribution in [0.5, 0.6) is 0 Å². The first-order valence-electron chi connectivity index (χ1n) is 10.4. The molecule has 0 spiro atoms. The van der Waals surface area contributed by atoms with Crippen molar-refractivity contribution in [2.24, 2.45) is 10.1 Å². The second-order valence-corrected chi connectivity index (χ2v) is 10.2. The van der Waals surface area contributed by atoms with Gasteiger partial charge in [-0.15, -0.1) is 11.3 Å². The maximum Gasteiger partial charge on any atom is 0.262 e. The summed E-state index contributed by atoms with van der Waals surface area (Å²) in [5.41, 5.74) is 2.71. The van der Waals surface area contributed by atoms with Gasteiger partial charge in [-0.05, 0) is 41.3 Å². The number of hydrogen-bond acceptors (Lipinski definition) is 6. The third-order valence-electron chi connectivity index (χ3n) is 5.32. The second-order valence-electron chi connectivity index (χ2n) is 7.60. The van der Waals surface area contributed by atoms with E-state index in [1.54, 1.807) is 35.6 Å². The molecule has 1 N–H and O–H groups in total. The van der Waals surface area contributed by atoms with Crippen molar-refractivity contribution >= 4 is 63.1 Å². The number of carbonyl (C=O) groups excluding carboxylic acids is 2. The monoisotopic (exact) mass is 494 g/mol. The zero-order chi connectivity index (χ0) is 22.8. The van der Waals surface area contributed by atoms with Crippen molar-refractivity contribution in [1.29, 1.82) is 0 Å². The number of carbonyl (C=O) groups is 2. The Balaban J connectivity index is 1.32. The highest BCUT2D eigenvalue weighted by Crippen LogP contribution is 2.39. The molecule has 2 atom stereocenters. The summed E-state index contributed by atoms with van der Waals surface area (Å²) in [4.78, 5) is 30.6. The lowest BCUT2D eigenvalue weighted by Crippen LogP contribution is -2.25. The van der Waals surface area contributed by atoms with Crippen LogP contribution in [0.2, 0.25) is 5.02 Å². The van der Waals surface area contributed by atoms with Gasteiger partial charge in [0.05, 0.1) is 16.6 Å². The maximum atomic E-state index is 12.6. The Kier molecular flexibility index (Phi) is 6.30. The summed E-state index contributed by atoms with van der Waals surface area (Å²) in [6, 6.07) is 20.9. The molecule has 3 aromatic rings. The number of amides is 2. The minimum absolute atomic E-state index is 0.0322. The molecule has 0 unspecified atom stereocenters. The van der Waals surface area contributed by atoms with E-state index in [2.05, 4.69) is 22.4 Å². The lowest BCUT2D eigenvalue weighted by atomic mass is 10.0. The van der Waals surface area contributed by atoms with Crippen LogP contribution < -0.4 is 5.32 Å². The van der Waals surface area contributed by atoms with E-state index in [9.17, 15) is 9.59 Å². The highest BCUT2D eigenvalue weighted by molar-refractivity contribution is 8.15. The number of hydrogen-bond donors (Lipinski definition) is 1. The van der Waals surface area contributed by atoms with Crippen molar-refractivity contribution in [3.63, 3.8) is 0 Å². The second kappa shape index (κ2) is 9.51. The Bertz CT molecular complexity index is 1230. The van der Waals surface area contributed by atoms with Gasteiger partial charge < -0.3 is 5.32 Å². The Morgan fingerprint density at radius 1 is 1.09 bits per heavy atom. The molecule has 0 radical (unpaired) electrons. The van der Waals surface area contributed by atoms with Crippen molar-refractivity contribution < 1.29 is 9.59 Å². The number of anilines is 1. The van der Waals surface area contributed by atoms with E-state index in [-0.39, 0.29) is 24.3 Å². The summed E-state index contributed by atoms with van der Waals surface area (Å²) in [6.45, 7) is 0. The molecule has 0 saturated heterocycles. The van der Waals surface area contributed by atoms with Gasteiger partial charge in [-0.25, -0.2) is 5.01 Å². The van der Waals surface area contributed by atoms with E-state index in [0.717, 1.165) is 22.6 Å². The number of aliphatic imine (C=N–C) groups is 1. The Morgan fingerprint density at radius 3 is 2.61 bits per heavy atom. The molecule has 2 aliphatic heterocycles. The standard InChI is InChI=1S/C24H19ClN4O2S2/c25-16-8-10-17(11-9-16)26-22(30)14-21-23(31)27-24(33-21)29-19(15-5-2-1-3-6-15)13-18(28-29)20-7-4-12-32-20/h1-12,19,21H,13-14H2,(H,26,30)/t19-,21-/m1/s1. The third kappa shape index (κ3) is 4.88. The Hall–Kier alpha value is -2.94. The molecule has 166 valence electrons. The number of nitrogens with zero attached hydrogens (tertiary/aromatic N) is 3. The van der Waals surface area contributed by atoms with Gasteiger partial charge in [0, 0.05) is 23.6 Å². The summed E-state index contributed by atoms with van der Waals surface area (Å²) in [5.74, 6) is -0.559. The number of amidine groups is 1. The van der Waals surface area contributed by atoms with Gasteiger partial charge in [-0.1, -0.05) is 59.8 Å². The molecule has 33 heavy (non-hydrogen) atoms. The van der Waals surface area contributed by atoms with E-state index in [1.165, 1.54) is 11.8 Å². The molecule has 0 saturated carbocycles. The van der Waals surface area contributed by atoms with E-state index in [0.29, 0.717) is 15.9 Å². The van der Waals surface area contributed by atoms with Gasteiger partial charge in [0.2, 0.25) is 5.91 Å². The average molecular weight is 495 g/mol. The van der Waals surface area contributed by atoms with E-state index in [4.69, 9.17) is 16.7 Å². The number of benzene rings is 2. The fourth-order valence-electron chi connectivity index (χ4n) is 3.73. The third-order valence-corrected chi connectivity index (χ3v) is 7.64. The quantitative estimate of drug-likeness (QED) is 0.502. The molecule has 2 aliphatic rings. The molecule has 5 rings (SSSR count). The Labute approximate surface area is 204 Å². The zero-order valence-electron chi connectivity index (χ0n) is 17.3. The number of thioether (sulfide) groups is 1. The molecule has 0 bridgehead atoms. The van der Waals surface area contributed by atoms with Crippen molar-refractivity contribution in [3.05, 3.63) is 87.6 Å². The maximum absolute atomic E-state index is 12.6. The van der Waals surface area contributed by atoms with Gasteiger partial charge in [0.25, 0.3) is 5.91 Å². The molecule has 0 fully saturated rings. The molecule has 2 aromatic carbocycles. The van der Waals surface area contributed by atoms with Crippen molar-refractivity contribution in [1.82, 2.24) is 5.01 Å². The topological polar surface area (TPSA) is 74.1 Å². The summed E-state index contributed by atoms with van der Waals surface area (Å²) < 4.78 is 0. The first-order valence-corrected chi connectivity index (χ1v) is 12.5. The number of thiophene rings is 1. The molecule has 2 amide bonds. The van der Waals surface area contributed by atoms with Crippen LogP contribution in [0, 0.1) is 0 Å². The van der Waals surface area contributed by atoms with Gasteiger partial charge >= 0.3 is 0 Å². The summed E-state index contributed by atoms with van der Waals surface area (Å²) in [7, 11) is 0. The van der Waals surface area contributed by atoms with Crippen LogP contribution in [-0.2, 0) is 9.59 Å². The van der Waals surface area contributed by atoms with Crippen LogP contribution in [-0.4, -0.2) is 33.0 Å². The van der Waals surface area contributed by atoms with Gasteiger partial charge in [-0.2, -0.15) is 10.1 Å². The highest BCUT2D eigenvalue weighted by atomic mass is 35.5. The van der Waals surface area contributed by atoms with Gasteiger partial charge in [0.1, 0.15) is 5.25 Å². The fraction of sp³-hybridized carbons (Fsp3) is 0.167. The summed E-state index contributed by atoms with van der Waals surface area (Å²) in [5, 5.41) is 12.1. The summed E-state index contributed by atoms with van der Waals surface area (Å²) in [6.07, 6.45) is 0.754. The summed E-state index contributed by atoms with van der Waals surface area (Å²) >= 11 is 8.83. The molecular weight excluding hydrogens is 476 g/mol. The van der Waals surface area contributed by atoms with E-state index in [1.807, 2.05) is 40.7 Å². The van der Waals surface area contributed by atoms with Crippen molar-refractivity contribution in [2.75, 3.05) is 5.32 Å². The first-order chi connectivity index (χ1) is 16.1. The lowest BCUT2D eigenvalue weighted by molar-refractivity contribution is -0.121. The van der Waals surface area contributed by atoms with Crippen molar-refractivity contribution in [3.8, 4) is 0 Å². The smallest absolute Gasteiger partial charge is 0.262 e. The number of rotatable bonds is 5. The fourth-order valence-corrected chi connectivity index (χ4v) is 5.64. The molecule has 3 heterocycles. The minimum Gasteiger partial charge on any atom is -0.326 e. The van der Waals surface area contributed by atoms with Crippen LogP contribution in [0.3, 0.4) is 0 Å². The normalized spacial score (nSPS) is 20.0. The molecular formula is C24H19ClN4O2S2. The van der Waals surface area contributed by atoms with Crippen LogP contribution in [0.15, 0.2) is 82.2 Å². The largest absolute Gasteiger partial charge is 0.326 e. The minimum atomic E-state index is -0.579. The lowest BCUT2D eigenvalue weighted by Gasteiger charge is -2.23. The molecule has 0 aliphatic carbocycles. The van der Waals surface area contributed by atoms with Crippen LogP contribution >= 0.6 is 34.7 Å². The zero-order valence-corrected chi connectivity index (χ0v) is 19.7. The van der Waals surface area contributed by atoms with Crippen LogP contribution in [0.1, 0.15) is 29.3 Å². The van der Waals surface area contributed by atoms with E-state index < -0.39 is 5.25 Å². The van der Waals surface area contributed by atoms with Gasteiger partial charge in [-0.3, -0.25) is 9.59 Å². The van der Waals surface area contributed by atoms with Crippen LogP contribution in [0.25, 0.3) is 0 Å². The van der Waals surface area contributed by atoms with Crippen molar-refractivity contribution in [2.45, 2.75) is 24.1 Å². The predicted octanol–water partition coefficient (Wildman–Crippen LogP) is 5.58. The number of nitrogens with one attached hydrogen (secondary N) is 1. The molecule has 6 nitrogen and oxygen atoms in total. The van der Waals surface area contributed by atoms with Crippen LogP contribution in [0.4, 0.5) is 5.69 Å². The Morgan fingerprint density at radius 2 is 1.88 bits per heavy atom. The van der Waals surface area contributed by atoms with Gasteiger partial charge in [0.15, 0.2) is 5.17 Å². The highest BCUT2D eigenvalue weighted by Gasteiger charge is 2.39. The number of hydrazone groups is 1. The SMILES string of the molecule is O=C(C[C@H]1SC(N2N=C(c3cccs3)C[C@@H]2c2ccccc2)=NC1=O)Nc1ccc(Cl)cc1. The first kappa shape index (κ1) is 21.9.